The molecule has 4 heteroatoms. The Morgan fingerprint density at radius 3 is 1.67 bits per heavy atom. The van der Waals surface area contributed by atoms with Crippen LogP contribution in [0.25, 0.3) is 0 Å². The van der Waals surface area contributed by atoms with E-state index >= 15 is 0 Å². The van der Waals surface area contributed by atoms with Gasteiger partial charge in [0.2, 0.25) is 0 Å². The number of carbonyl (C=O) groups is 1. The molecule has 0 radical (unpaired) electrons. The first-order valence-corrected chi connectivity index (χ1v) is 8.14. The largest absolute Gasteiger partial charge is 0.477 e. The number of aliphatic carboxylic acids is 1. The molecular formula is C20H22O4. The first-order chi connectivity index (χ1) is 11.5. The second kappa shape index (κ2) is 6.38. The zero-order chi connectivity index (χ0) is 17.2. The Labute approximate surface area is 142 Å². The highest BCUT2D eigenvalue weighted by atomic mass is 16.7. The van der Waals surface area contributed by atoms with E-state index in [4.69, 9.17) is 9.47 Å². The van der Waals surface area contributed by atoms with Crippen LogP contribution in [0.4, 0.5) is 0 Å². The molecule has 1 aliphatic rings. The van der Waals surface area contributed by atoms with Gasteiger partial charge in [-0.15, -0.1) is 0 Å². The molecule has 24 heavy (non-hydrogen) atoms. The van der Waals surface area contributed by atoms with Crippen LogP contribution in [-0.2, 0) is 19.7 Å². The van der Waals surface area contributed by atoms with Gasteiger partial charge in [-0.25, -0.2) is 4.79 Å². The quantitative estimate of drug-likeness (QED) is 0.935. The second-order valence-electron chi connectivity index (χ2n) is 6.52. The molecule has 126 valence electrons. The first kappa shape index (κ1) is 16.7. The Morgan fingerprint density at radius 2 is 1.33 bits per heavy atom. The number of ether oxygens (including phenoxy) is 2. The number of rotatable bonds is 4. The van der Waals surface area contributed by atoms with Gasteiger partial charge in [-0.1, -0.05) is 74.5 Å². The normalized spacial score (nSPS) is 19.1. The zero-order valence-corrected chi connectivity index (χ0v) is 13.9. The molecule has 2 aromatic rings. The van der Waals surface area contributed by atoms with Crippen LogP contribution in [-0.4, -0.2) is 30.1 Å². The highest BCUT2D eigenvalue weighted by molar-refractivity contribution is 5.76. The summed E-state index contributed by atoms with van der Waals surface area (Å²) in [7, 11) is 0. The fourth-order valence-corrected chi connectivity index (χ4v) is 3.26. The number of carboxylic acids is 1. The third kappa shape index (κ3) is 2.62. The minimum atomic E-state index is -1.59. The van der Waals surface area contributed by atoms with Crippen LogP contribution < -0.4 is 0 Å². The third-order valence-electron chi connectivity index (χ3n) is 4.78. The van der Waals surface area contributed by atoms with Crippen molar-refractivity contribution >= 4 is 5.97 Å². The molecule has 1 heterocycles. The molecule has 0 atom stereocenters. The lowest BCUT2D eigenvalue weighted by Gasteiger charge is -2.46. The van der Waals surface area contributed by atoms with Crippen molar-refractivity contribution in [3.8, 4) is 0 Å². The molecule has 1 aliphatic heterocycles. The van der Waals surface area contributed by atoms with Crippen molar-refractivity contribution in [2.45, 2.75) is 25.0 Å². The van der Waals surface area contributed by atoms with Gasteiger partial charge in [0.05, 0.1) is 18.6 Å². The molecular weight excluding hydrogens is 304 g/mol. The van der Waals surface area contributed by atoms with Gasteiger partial charge in [0, 0.05) is 5.92 Å². The molecule has 1 fully saturated rings. The van der Waals surface area contributed by atoms with Gasteiger partial charge >= 0.3 is 5.97 Å². The smallest absolute Gasteiger partial charge is 0.364 e. The van der Waals surface area contributed by atoms with Crippen molar-refractivity contribution < 1.29 is 19.4 Å². The molecule has 0 bridgehead atoms. The molecule has 0 aliphatic carbocycles. The molecule has 1 saturated heterocycles. The molecule has 4 nitrogen and oxygen atoms in total. The monoisotopic (exact) mass is 326 g/mol. The molecule has 0 aromatic heterocycles. The Bertz CT molecular complexity index is 645. The summed E-state index contributed by atoms with van der Waals surface area (Å²) in [6, 6.07) is 19.9. The lowest BCUT2D eigenvalue weighted by molar-refractivity contribution is -0.297. The Hall–Kier alpha value is -2.17. The van der Waals surface area contributed by atoms with Crippen molar-refractivity contribution in [1.29, 1.82) is 0 Å². The average Bonchev–Trinajstić information content (AvgIpc) is 2.63. The van der Waals surface area contributed by atoms with E-state index in [2.05, 4.69) is 0 Å². The van der Waals surface area contributed by atoms with Gasteiger partial charge in [-0.3, -0.25) is 0 Å². The third-order valence-corrected chi connectivity index (χ3v) is 4.78. The van der Waals surface area contributed by atoms with Crippen LogP contribution >= 0.6 is 0 Å². The van der Waals surface area contributed by atoms with Crippen molar-refractivity contribution in [3.63, 3.8) is 0 Å². The van der Waals surface area contributed by atoms with Crippen LogP contribution in [0, 0.1) is 5.92 Å². The number of hydrogen-bond acceptors (Lipinski definition) is 3. The summed E-state index contributed by atoms with van der Waals surface area (Å²) in [6.07, 6.45) is 0. The van der Waals surface area contributed by atoms with E-state index in [-0.39, 0.29) is 19.1 Å². The van der Waals surface area contributed by atoms with Gasteiger partial charge in [0.15, 0.2) is 0 Å². The molecule has 2 aromatic carbocycles. The predicted octanol–water partition coefficient (Wildman–Crippen LogP) is 3.46. The van der Waals surface area contributed by atoms with E-state index in [1.165, 1.54) is 0 Å². The lowest BCUT2D eigenvalue weighted by Crippen LogP contribution is -2.58. The van der Waals surface area contributed by atoms with Crippen LogP contribution in [0.1, 0.15) is 25.0 Å². The highest BCUT2D eigenvalue weighted by Gasteiger charge is 2.53. The van der Waals surface area contributed by atoms with Crippen molar-refractivity contribution in [2.24, 2.45) is 5.92 Å². The van der Waals surface area contributed by atoms with E-state index in [9.17, 15) is 9.90 Å². The standard InChI is InChI=1S/C20H22O4/c1-15(2)20(18(21)22)23-13-19(14-24-20,16-9-5-3-6-10-16)17-11-7-4-8-12-17/h3-12,15H,13-14H2,1-2H3,(H,21,22). The predicted molar refractivity (Wildman–Crippen MR) is 90.8 cm³/mol. The number of carboxylic acid groups (broad SMARTS) is 1. The van der Waals surface area contributed by atoms with Gasteiger partial charge in [0.25, 0.3) is 5.79 Å². The molecule has 1 N–H and O–H groups in total. The van der Waals surface area contributed by atoms with Gasteiger partial charge < -0.3 is 14.6 Å². The lowest BCUT2D eigenvalue weighted by atomic mass is 9.74. The molecule has 0 spiro atoms. The number of hydrogen-bond donors (Lipinski definition) is 1. The van der Waals surface area contributed by atoms with E-state index in [1.807, 2.05) is 60.7 Å². The summed E-state index contributed by atoms with van der Waals surface area (Å²) < 4.78 is 11.8. The fourth-order valence-electron chi connectivity index (χ4n) is 3.26. The van der Waals surface area contributed by atoms with Gasteiger partial charge in [0.1, 0.15) is 0 Å². The van der Waals surface area contributed by atoms with Gasteiger partial charge in [-0.2, -0.15) is 0 Å². The van der Waals surface area contributed by atoms with E-state index in [0.717, 1.165) is 11.1 Å². The van der Waals surface area contributed by atoms with E-state index in [1.54, 1.807) is 13.8 Å². The molecule has 0 saturated carbocycles. The Balaban J connectivity index is 2.03. The van der Waals surface area contributed by atoms with Crippen LogP contribution in [0.5, 0.6) is 0 Å². The summed E-state index contributed by atoms with van der Waals surface area (Å²) >= 11 is 0. The van der Waals surface area contributed by atoms with E-state index < -0.39 is 17.2 Å². The second-order valence-corrected chi connectivity index (χ2v) is 6.52. The van der Waals surface area contributed by atoms with Gasteiger partial charge in [-0.05, 0) is 11.1 Å². The maximum Gasteiger partial charge on any atom is 0.364 e. The molecule has 0 unspecified atom stereocenters. The zero-order valence-electron chi connectivity index (χ0n) is 13.9. The average molecular weight is 326 g/mol. The summed E-state index contributed by atoms with van der Waals surface area (Å²) in [4.78, 5) is 11.8. The highest BCUT2D eigenvalue weighted by Crippen LogP contribution is 2.41. The van der Waals surface area contributed by atoms with Crippen LogP contribution in [0.3, 0.4) is 0 Å². The SMILES string of the molecule is CC(C)C1(C(=O)O)OCC(c2ccccc2)(c2ccccc2)CO1. The minimum absolute atomic E-state index is 0.255. The van der Waals surface area contributed by atoms with Crippen molar-refractivity contribution in [1.82, 2.24) is 0 Å². The first-order valence-electron chi connectivity index (χ1n) is 8.14. The molecule has 3 rings (SSSR count). The topological polar surface area (TPSA) is 55.8 Å². The van der Waals surface area contributed by atoms with Crippen LogP contribution in [0.2, 0.25) is 0 Å². The fraction of sp³-hybridized carbons (Fsp3) is 0.350. The summed E-state index contributed by atoms with van der Waals surface area (Å²) in [5.74, 6) is -2.96. The van der Waals surface area contributed by atoms with E-state index in [0.29, 0.717) is 0 Å². The summed E-state index contributed by atoms with van der Waals surface area (Å²) in [5, 5.41) is 9.62. The maximum absolute atomic E-state index is 11.8. The molecule has 0 amide bonds. The summed E-state index contributed by atoms with van der Waals surface area (Å²) in [5.41, 5.74) is 1.59. The number of benzene rings is 2. The van der Waals surface area contributed by atoms with Crippen molar-refractivity contribution in [2.75, 3.05) is 13.2 Å². The van der Waals surface area contributed by atoms with Crippen molar-refractivity contribution in [3.05, 3.63) is 71.8 Å². The Morgan fingerprint density at radius 1 is 0.917 bits per heavy atom. The minimum Gasteiger partial charge on any atom is -0.477 e. The van der Waals surface area contributed by atoms with Crippen LogP contribution in [0.15, 0.2) is 60.7 Å². The maximum atomic E-state index is 11.8. The Kier molecular flexibility index (Phi) is 4.43. The summed E-state index contributed by atoms with van der Waals surface area (Å²) in [6.45, 7) is 4.11.